The van der Waals surface area contributed by atoms with E-state index in [1.807, 2.05) is 18.2 Å². The van der Waals surface area contributed by atoms with Crippen molar-refractivity contribution in [3.05, 3.63) is 59.5 Å². The van der Waals surface area contributed by atoms with Crippen LogP contribution in [0.15, 0.2) is 42.5 Å². The molecule has 0 bridgehead atoms. The Bertz CT molecular complexity index is 894. The Morgan fingerprint density at radius 2 is 1.88 bits per heavy atom. The minimum Gasteiger partial charge on any atom is -0.508 e. The number of hydrogen-bond donors (Lipinski definition) is 1. The lowest BCUT2D eigenvalue weighted by atomic mass is 9.96. The standard InChI is InChI=1S/C20H20FNO2/c1-13-10-16(2-4-18(13)21)22-19-5-3-17(23)11-15(19)12-20(22)14-6-8-24-9-7-14/h2-5,10-12,14,23H,6-9H2,1H3. The molecule has 2 heterocycles. The van der Waals surface area contributed by atoms with Gasteiger partial charge >= 0.3 is 0 Å². The average Bonchev–Trinajstić information content (AvgIpc) is 2.96. The van der Waals surface area contributed by atoms with Crippen LogP contribution in [0.25, 0.3) is 16.6 Å². The van der Waals surface area contributed by atoms with Gasteiger partial charge in [0.25, 0.3) is 0 Å². The first-order valence-corrected chi connectivity index (χ1v) is 8.32. The van der Waals surface area contributed by atoms with Crippen LogP contribution in [0.5, 0.6) is 5.75 Å². The summed E-state index contributed by atoms with van der Waals surface area (Å²) in [6.45, 7) is 3.31. The second kappa shape index (κ2) is 5.95. The highest BCUT2D eigenvalue weighted by atomic mass is 19.1. The number of phenols is 1. The molecular weight excluding hydrogens is 305 g/mol. The molecular formula is C20H20FNO2. The second-order valence-electron chi connectivity index (χ2n) is 6.47. The van der Waals surface area contributed by atoms with E-state index in [1.54, 1.807) is 19.1 Å². The van der Waals surface area contributed by atoms with Gasteiger partial charge in [0.2, 0.25) is 0 Å². The summed E-state index contributed by atoms with van der Waals surface area (Å²) < 4.78 is 21.4. The Kier molecular flexibility index (Phi) is 3.77. The number of aryl methyl sites for hydroxylation is 1. The number of hydrogen-bond acceptors (Lipinski definition) is 2. The predicted octanol–water partition coefficient (Wildman–Crippen LogP) is 4.68. The third kappa shape index (κ3) is 2.57. The molecule has 4 heteroatoms. The van der Waals surface area contributed by atoms with E-state index in [1.165, 1.54) is 11.8 Å². The van der Waals surface area contributed by atoms with Crippen molar-refractivity contribution >= 4 is 10.9 Å². The molecule has 24 heavy (non-hydrogen) atoms. The molecule has 0 saturated carbocycles. The monoisotopic (exact) mass is 325 g/mol. The highest BCUT2D eigenvalue weighted by Crippen LogP contribution is 2.35. The molecule has 0 spiro atoms. The van der Waals surface area contributed by atoms with Gasteiger partial charge < -0.3 is 14.4 Å². The Morgan fingerprint density at radius 1 is 1.08 bits per heavy atom. The minimum absolute atomic E-state index is 0.194. The van der Waals surface area contributed by atoms with Gasteiger partial charge in [-0.05, 0) is 67.8 Å². The van der Waals surface area contributed by atoms with Gasteiger partial charge in [-0.2, -0.15) is 0 Å². The van der Waals surface area contributed by atoms with E-state index in [9.17, 15) is 9.50 Å². The summed E-state index contributed by atoms with van der Waals surface area (Å²) >= 11 is 0. The Hall–Kier alpha value is -2.33. The molecule has 3 nitrogen and oxygen atoms in total. The van der Waals surface area contributed by atoms with Crippen LogP contribution in [0.2, 0.25) is 0 Å². The van der Waals surface area contributed by atoms with E-state index in [4.69, 9.17) is 4.74 Å². The zero-order chi connectivity index (χ0) is 16.7. The van der Waals surface area contributed by atoms with Crippen molar-refractivity contribution in [2.75, 3.05) is 13.2 Å². The quantitative estimate of drug-likeness (QED) is 0.742. The summed E-state index contributed by atoms with van der Waals surface area (Å²) in [7, 11) is 0. The second-order valence-corrected chi connectivity index (χ2v) is 6.47. The van der Waals surface area contributed by atoms with Gasteiger partial charge in [-0.1, -0.05) is 0 Å². The van der Waals surface area contributed by atoms with Crippen molar-refractivity contribution in [1.82, 2.24) is 4.57 Å². The van der Waals surface area contributed by atoms with Crippen molar-refractivity contribution in [3.8, 4) is 11.4 Å². The molecule has 124 valence electrons. The van der Waals surface area contributed by atoms with Gasteiger partial charge in [0.05, 0.1) is 5.52 Å². The van der Waals surface area contributed by atoms with Crippen molar-refractivity contribution in [2.24, 2.45) is 0 Å². The lowest BCUT2D eigenvalue weighted by molar-refractivity contribution is 0.0842. The SMILES string of the molecule is Cc1cc(-n2c(C3CCOCC3)cc3cc(O)ccc32)ccc1F. The first-order valence-electron chi connectivity index (χ1n) is 8.32. The molecule has 2 aromatic carbocycles. The lowest BCUT2D eigenvalue weighted by Crippen LogP contribution is -2.16. The number of aromatic hydroxyl groups is 1. The number of fused-ring (bicyclic) bond motifs is 1. The molecule has 1 N–H and O–H groups in total. The maximum atomic E-state index is 13.7. The van der Waals surface area contributed by atoms with Gasteiger partial charge in [-0.15, -0.1) is 0 Å². The smallest absolute Gasteiger partial charge is 0.126 e. The normalized spacial score (nSPS) is 15.9. The summed E-state index contributed by atoms with van der Waals surface area (Å²) in [4.78, 5) is 0. The molecule has 4 rings (SSSR count). The fraction of sp³-hybridized carbons (Fsp3) is 0.300. The predicted molar refractivity (Wildman–Crippen MR) is 92.4 cm³/mol. The maximum Gasteiger partial charge on any atom is 0.126 e. The highest BCUT2D eigenvalue weighted by molar-refractivity contribution is 5.85. The largest absolute Gasteiger partial charge is 0.508 e. The van der Waals surface area contributed by atoms with Crippen molar-refractivity contribution in [1.29, 1.82) is 0 Å². The van der Waals surface area contributed by atoms with Crippen LogP contribution in [0.3, 0.4) is 0 Å². The average molecular weight is 325 g/mol. The molecule has 1 fully saturated rings. The van der Waals surface area contributed by atoms with Gasteiger partial charge in [0.1, 0.15) is 11.6 Å². The highest BCUT2D eigenvalue weighted by Gasteiger charge is 2.22. The van der Waals surface area contributed by atoms with E-state index in [-0.39, 0.29) is 11.6 Å². The third-order valence-electron chi connectivity index (χ3n) is 4.85. The maximum absolute atomic E-state index is 13.7. The van der Waals surface area contributed by atoms with E-state index in [2.05, 4.69) is 10.6 Å². The number of rotatable bonds is 2. The van der Waals surface area contributed by atoms with Crippen LogP contribution in [-0.4, -0.2) is 22.9 Å². The van der Waals surface area contributed by atoms with Crippen molar-refractivity contribution in [2.45, 2.75) is 25.7 Å². The van der Waals surface area contributed by atoms with Crippen LogP contribution in [0, 0.1) is 12.7 Å². The zero-order valence-electron chi connectivity index (χ0n) is 13.6. The molecule has 0 aliphatic carbocycles. The number of benzene rings is 2. The van der Waals surface area contributed by atoms with Crippen LogP contribution in [-0.2, 0) is 4.74 Å². The van der Waals surface area contributed by atoms with Crippen LogP contribution < -0.4 is 0 Å². The zero-order valence-corrected chi connectivity index (χ0v) is 13.6. The van der Waals surface area contributed by atoms with Crippen LogP contribution in [0.1, 0.15) is 30.0 Å². The van der Waals surface area contributed by atoms with E-state index >= 15 is 0 Å². The summed E-state index contributed by atoms with van der Waals surface area (Å²) in [6, 6.07) is 12.8. The molecule has 1 aliphatic rings. The molecule has 1 saturated heterocycles. The molecule has 0 atom stereocenters. The van der Waals surface area contributed by atoms with Crippen molar-refractivity contribution < 1.29 is 14.2 Å². The van der Waals surface area contributed by atoms with Gasteiger partial charge in [0.15, 0.2) is 0 Å². The first-order chi connectivity index (χ1) is 11.6. The van der Waals surface area contributed by atoms with E-state index in [0.717, 1.165) is 42.6 Å². The summed E-state index contributed by atoms with van der Waals surface area (Å²) in [6.07, 6.45) is 1.95. The van der Waals surface area contributed by atoms with Gasteiger partial charge in [0, 0.05) is 35.9 Å². The third-order valence-corrected chi connectivity index (χ3v) is 4.85. The summed E-state index contributed by atoms with van der Waals surface area (Å²) in [5.41, 5.74) is 3.81. The van der Waals surface area contributed by atoms with Crippen molar-refractivity contribution in [3.63, 3.8) is 0 Å². The molecule has 0 unspecified atom stereocenters. The van der Waals surface area contributed by atoms with Crippen LogP contribution in [0.4, 0.5) is 4.39 Å². The lowest BCUT2D eigenvalue weighted by Gasteiger charge is -2.24. The fourth-order valence-electron chi connectivity index (χ4n) is 3.57. The molecule has 0 radical (unpaired) electrons. The summed E-state index contributed by atoms with van der Waals surface area (Å²) in [5.74, 6) is 0.465. The Morgan fingerprint density at radius 3 is 2.62 bits per heavy atom. The van der Waals surface area contributed by atoms with Gasteiger partial charge in [-0.25, -0.2) is 4.39 Å². The molecule has 3 aromatic rings. The summed E-state index contributed by atoms with van der Waals surface area (Å²) in [5, 5.41) is 10.8. The number of halogens is 1. The Balaban J connectivity index is 1.94. The first kappa shape index (κ1) is 15.2. The fourth-order valence-corrected chi connectivity index (χ4v) is 3.57. The number of phenolic OH excluding ortho intramolecular Hbond substituents is 1. The molecule has 1 aliphatic heterocycles. The number of ether oxygens (including phenoxy) is 1. The molecule has 0 amide bonds. The van der Waals surface area contributed by atoms with E-state index < -0.39 is 0 Å². The van der Waals surface area contributed by atoms with Crippen LogP contribution >= 0.6 is 0 Å². The molecule has 1 aromatic heterocycles. The number of aromatic nitrogens is 1. The number of nitrogens with zero attached hydrogens (tertiary/aromatic N) is 1. The topological polar surface area (TPSA) is 34.4 Å². The van der Waals surface area contributed by atoms with Gasteiger partial charge in [-0.3, -0.25) is 0 Å². The van der Waals surface area contributed by atoms with E-state index in [0.29, 0.717) is 11.5 Å². The Labute approximate surface area is 140 Å². The minimum atomic E-state index is -0.194.